The second-order valence-electron chi connectivity index (χ2n) is 8.35. The zero-order valence-corrected chi connectivity index (χ0v) is 18.0. The molecule has 1 amide bonds. The maximum atomic E-state index is 13.5. The molecule has 2 aromatic heterocycles. The lowest BCUT2D eigenvalue weighted by atomic mass is 9.92. The van der Waals surface area contributed by atoms with Crippen LogP contribution in [0.1, 0.15) is 61.9 Å². The van der Waals surface area contributed by atoms with Crippen molar-refractivity contribution >= 4 is 17.1 Å². The predicted molar refractivity (Wildman–Crippen MR) is 118 cm³/mol. The molecule has 0 unspecified atom stereocenters. The summed E-state index contributed by atoms with van der Waals surface area (Å²) in [5.41, 5.74) is 3.40. The Balaban J connectivity index is 1.60. The molecule has 1 saturated carbocycles. The summed E-state index contributed by atoms with van der Waals surface area (Å²) >= 11 is 0. The van der Waals surface area contributed by atoms with Gasteiger partial charge in [-0.05, 0) is 56.5 Å². The van der Waals surface area contributed by atoms with Crippen molar-refractivity contribution in [2.75, 3.05) is 7.11 Å². The van der Waals surface area contributed by atoms with Crippen molar-refractivity contribution in [3.63, 3.8) is 0 Å². The van der Waals surface area contributed by atoms with Gasteiger partial charge in [0.25, 0.3) is 5.91 Å². The highest BCUT2D eigenvalue weighted by atomic mass is 16.5. The van der Waals surface area contributed by atoms with Gasteiger partial charge in [-0.1, -0.05) is 25.3 Å². The summed E-state index contributed by atoms with van der Waals surface area (Å²) in [5, 5.41) is 0. The number of carbonyl (C=O) groups excluding carboxylic acids is 1. The molecule has 6 nitrogen and oxygen atoms in total. The van der Waals surface area contributed by atoms with Crippen LogP contribution in [0, 0.1) is 0 Å². The number of imidazole rings is 1. The van der Waals surface area contributed by atoms with Gasteiger partial charge < -0.3 is 14.2 Å². The van der Waals surface area contributed by atoms with Gasteiger partial charge in [0, 0.05) is 18.3 Å². The smallest absolute Gasteiger partial charge is 0.258 e. The van der Waals surface area contributed by atoms with Gasteiger partial charge >= 0.3 is 0 Å². The van der Waals surface area contributed by atoms with E-state index in [1.54, 1.807) is 19.6 Å². The van der Waals surface area contributed by atoms with Crippen molar-refractivity contribution in [3.05, 3.63) is 54.0 Å². The van der Waals surface area contributed by atoms with Crippen LogP contribution in [0.4, 0.5) is 0 Å². The molecule has 2 heterocycles. The van der Waals surface area contributed by atoms with E-state index in [1.807, 2.05) is 34.9 Å². The fraction of sp³-hybridized carbons (Fsp3) is 0.458. The lowest BCUT2D eigenvalue weighted by molar-refractivity contribution is 0.0552. The number of aromatic nitrogens is 3. The Morgan fingerprint density at radius 3 is 2.73 bits per heavy atom. The normalized spacial score (nSPS) is 14.9. The van der Waals surface area contributed by atoms with Crippen LogP contribution >= 0.6 is 0 Å². The van der Waals surface area contributed by atoms with E-state index in [0.717, 1.165) is 29.6 Å². The Morgan fingerprint density at radius 2 is 2.00 bits per heavy atom. The third-order valence-corrected chi connectivity index (χ3v) is 5.98. The van der Waals surface area contributed by atoms with Gasteiger partial charge in [-0.3, -0.25) is 4.79 Å². The molecule has 6 heteroatoms. The van der Waals surface area contributed by atoms with Gasteiger partial charge in [0.15, 0.2) is 5.65 Å². The van der Waals surface area contributed by atoms with E-state index < -0.39 is 0 Å². The summed E-state index contributed by atoms with van der Waals surface area (Å²) in [7, 11) is 1.63. The zero-order chi connectivity index (χ0) is 21.1. The monoisotopic (exact) mass is 406 g/mol. The number of ether oxygens (including phenoxy) is 1. The van der Waals surface area contributed by atoms with E-state index >= 15 is 0 Å². The summed E-state index contributed by atoms with van der Waals surface area (Å²) in [6, 6.07) is 10.2. The Morgan fingerprint density at radius 1 is 1.20 bits per heavy atom. The van der Waals surface area contributed by atoms with E-state index in [4.69, 9.17) is 4.74 Å². The molecular weight excluding hydrogens is 376 g/mol. The van der Waals surface area contributed by atoms with Gasteiger partial charge in [-0.25, -0.2) is 9.97 Å². The van der Waals surface area contributed by atoms with Crippen LogP contribution < -0.4 is 4.74 Å². The topological polar surface area (TPSA) is 60.2 Å². The number of hydrogen-bond acceptors (Lipinski definition) is 4. The number of fused-ring (bicyclic) bond motifs is 1. The van der Waals surface area contributed by atoms with Crippen LogP contribution in [0.3, 0.4) is 0 Å². The van der Waals surface area contributed by atoms with Crippen LogP contribution in [0.25, 0.3) is 11.2 Å². The van der Waals surface area contributed by atoms with E-state index in [2.05, 4.69) is 28.7 Å². The third kappa shape index (κ3) is 4.04. The molecule has 3 aromatic rings. The molecule has 1 aliphatic carbocycles. The van der Waals surface area contributed by atoms with Crippen molar-refractivity contribution in [2.45, 2.75) is 64.6 Å². The summed E-state index contributed by atoms with van der Waals surface area (Å²) < 4.78 is 7.65. The van der Waals surface area contributed by atoms with E-state index in [-0.39, 0.29) is 11.9 Å². The molecule has 0 aliphatic heterocycles. The minimum absolute atomic E-state index is 0.0649. The molecule has 0 atom stereocenters. The Bertz CT molecular complexity index is 1020. The molecule has 30 heavy (non-hydrogen) atoms. The Kier molecular flexibility index (Phi) is 6.02. The van der Waals surface area contributed by atoms with Crippen LogP contribution in [-0.4, -0.2) is 44.5 Å². The quantitative estimate of drug-likeness (QED) is 0.597. The molecule has 1 aliphatic rings. The Labute approximate surface area is 177 Å². The molecule has 0 radical (unpaired) electrons. The molecule has 1 fully saturated rings. The molecular formula is C24H30N4O2. The first-order valence-corrected chi connectivity index (χ1v) is 10.8. The number of methoxy groups -OCH3 is 1. The average Bonchev–Trinajstić information content (AvgIpc) is 3.17. The van der Waals surface area contributed by atoms with Crippen LogP contribution in [0.5, 0.6) is 5.75 Å². The number of carbonyl (C=O) groups is 1. The minimum atomic E-state index is 0.0649. The van der Waals surface area contributed by atoms with Gasteiger partial charge in [-0.15, -0.1) is 0 Å². The Hall–Kier alpha value is -2.89. The number of pyridine rings is 1. The minimum Gasteiger partial charge on any atom is -0.496 e. The number of hydrogen-bond donors (Lipinski definition) is 0. The lowest BCUT2D eigenvalue weighted by Crippen LogP contribution is -2.45. The average molecular weight is 407 g/mol. The fourth-order valence-electron chi connectivity index (χ4n) is 4.54. The lowest BCUT2D eigenvalue weighted by Gasteiger charge is -2.37. The zero-order valence-electron chi connectivity index (χ0n) is 18.0. The maximum absolute atomic E-state index is 13.5. The molecule has 1 aromatic carbocycles. The maximum Gasteiger partial charge on any atom is 0.258 e. The number of rotatable bonds is 6. The summed E-state index contributed by atoms with van der Waals surface area (Å²) in [6.07, 6.45) is 9.41. The van der Waals surface area contributed by atoms with Crippen LogP contribution in [0.2, 0.25) is 0 Å². The number of benzene rings is 1. The van der Waals surface area contributed by atoms with Crippen molar-refractivity contribution in [3.8, 4) is 5.75 Å². The first kappa shape index (κ1) is 20.4. The molecule has 4 rings (SSSR count). The molecule has 0 N–H and O–H groups in total. The first-order valence-electron chi connectivity index (χ1n) is 10.8. The molecule has 0 bridgehead atoms. The number of amides is 1. The van der Waals surface area contributed by atoms with Crippen molar-refractivity contribution < 1.29 is 9.53 Å². The van der Waals surface area contributed by atoms with Crippen molar-refractivity contribution in [1.29, 1.82) is 0 Å². The second-order valence-corrected chi connectivity index (χ2v) is 8.35. The highest BCUT2D eigenvalue weighted by molar-refractivity contribution is 5.97. The van der Waals surface area contributed by atoms with Crippen LogP contribution in [-0.2, 0) is 6.54 Å². The standard InChI is InChI=1S/C24H30N4O2/c1-17(2)28(19-8-5-4-6-9-19)24(29)20-12-11-18(14-22(20)30-3)15-27-16-26-21-10-7-13-25-23(21)27/h7,10-14,16-17,19H,4-6,8-9,15H2,1-3H3. The highest BCUT2D eigenvalue weighted by Gasteiger charge is 2.30. The van der Waals surface area contributed by atoms with E-state index in [1.165, 1.54) is 19.3 Å². The first-order chi connectivity index (χ1) is 14.6. The van der Waals surface area contributed by atoms with Gasteiger partial charge in [0.05, 0.1) is 25.5 Å². The third-order valence-electron chi connectivity index (χ3n) is 5.98. The molecule has 0 spiro atoms. The number of nitrogens with zero attached hydrogens (tertiary/aromatic N) is 4. The summed E-state index contributed by atoms with van der Waals surface area (Å²) in [6.45, 7) is 4.82. The van der Waals surface area contributed by atoms with Gasteiger partial charge in [0.1, 0.15) is 11.3 Å². The van der Waals surface area contributed by atoms with E-state index in [9.17, 15) is 4.79 Å². The highest BCUT2D eigenvalue weighted by Crippen LogP contribution is 2.29. The van der Waals surface area contributed by atoms with E-state index in [0.29, 0.717) is 23.9 Å². The second kappa shape index (κ2) is 8.86. The summed E-state index contributed by atoms with van der Waals surface area (Å²) in [5.74, 6) is 0.686. The largest absolute Gasteiger partial charge is 0.496 e. The summed E-state index contributed by atoms with van der Waals surface area (Å²) in [4.78, 5) is 24.4. The molecule has 158 valence electrons. The van der Waals surface area contributed by atoms with Crippen molar-refractivity contribution in [2.24, 2.45) is 0 Å². The predicted octanol–water partition coefficient (Wildman–Crippen LogP) is 4.67. The van der Waals surface area contributed by atoms with Crippen LogP contribution in [0.15, 0.2) is 42.9 Å². The van der Waals surface area contributed by atoms with Gasteiger partial charge in [-0.2, -0.15) is 0 Å². The van der Waals surface area contributed by atoms with Crippen molar-refractivity contribution in [1.82, 2.24) is 19.4 Å². The van der Waals surface area contributed by atoms with Gasteiger partial charge in [0.2, 0.25) is 0 Å². The molecule has 0 saturated heterocycles. The fourth-order valence-corrected chi connectivity index (χ4v) is 4.54. The SMILES string of the molecule is COc1cc(Cn2cnc3cccnc32)ccc1C(=O)N(C(C)C)C1CCCCC1.